The molecule has 19 heavy (non-hydrogen) atoms. The number of ether oxygens (including phenoxy) is 2. The Balaban J connectivity index is 2.82. The SMILES string of the molecule is COc1cccc(C#N)c1NC(=O)OCC(F)(F)F. The van der Waals surface area contributed by atoms with Crippen LogP contribution in [0.3, 0.4) is 0 Å². The number of nitrogens with one attached hydrogen (secondary N) is 1. The van der Waals surface area contributed by atoms with E-state index in [2.05, 4.69) is 4.74 Å². The molecular formula is C11H9F3N2O3. The molecule has 0 radical (unpaired) electrons. The molecule has 102 valence electrons. The van der Waals surface area contributed by atoms with E-state index in [0.29, 0.717) is 0 Å². The molecule has 8 heteroatoms. The minimum absolute atomic E-state index is 0.0420. The molecule has 0 spiro atoms. The average molecular weight is 274 g/mol. The third kappa shape index (κ3) is 4.39. The zero-order valence-electron chi connectivity index (χ0n) is 9.75. The predicted octanol–water partition coefficient (Wildman–Crippen LogP) is 2.68. The molecule has 0 aliphatic carbocycles. The summed E-state index contributed by atoms with van der Waals surface area (Å²) in [4.78, 5) is 11.2. The Hall–Kier alpha value is -2.43. The molecule has 0 saturated heterocycles. The first-order valence-electron chi connectivity index (χ1n) is 4.95. The molecular weight excluding hydrogens is 265 g/mol. The number of nitriles is 1. The molecule has 1 amide bonds. The van der Waals surface area contributed by atoms with Crippen LogP contribution in [-0.4, -0.2) is 26.0 Å². The number of alkyl halides is 3. The largest absolute Gasteiger partial charge is 0.495 e. The van der Waals surface area contributed by atoms with Crippen molar-refractivity contribution in [2.75, 3.05) is 19.0 Å². The summed E-state index contributed by atoms with van der Waals surface area (Å²) in [6.45, 7) is -1.71. The quantitative estimate of drug-likeness (QED) is 0.919. The minimum Gasteiger partial charge on any atom is -0.495 e. The lowest BCUT2D eigenvalue weighted by molar-refractivity contribution is -0.159. The first-order valence-corrected chi connectivity index (χ1v) is 4.95. The molecule has 1 aromatic carbocycles. The molecule has 0 aliphatic heterocycles. The van der Waals surface area contributed by atoms with Crippen molar-refractivity contribution in [1.82, 2.24) is 0 Å². The van der Waals surface area contributed by atoms with Gasteiger partial charge in [-0.05, 0) is 12.1 Å². The van der Waals surface area contributed by atoms with Gasteiger partial charge in [0.05, 0.1) is 12.7 Å². The lowest BCUT2D eigenvalue weighted by Crippen LogP contribution is -2.23. The normalized spacial score (nSPS) is 10.5. The van der Waals surface area contributed by atoms with Crippen LogP contribution in [0.4, 0.5) is 23.7 Å². The first kappa shape index (κ1) is 14.6. The Kier molecular flexibility index (Phi) is 4.58. The van der Waals surface area contributed by atoms with Gasteiger partial charge in [0.1, 0.15) is 17.5 Å². The Labute approximate surface area is 106 Å². The first-order chi connectivity index (χ1) is 8.87. The number of anilines is 1. The third-order valence-electron chi connectivity index (χ3n) is 1.96. The van der Waals surface area contributed by atoms with E-state index in [1.54, 1.807) is 6.07 Å². The van der Waals surface area contributed by atoms with Gasteiger partial charge in [0, 0.05) is 0 Å². The van der Waals surface area contributed by atoms with Crippen LogP contribution in [0, 0.1) is 11.3 Å². The standard InChI is InChI=1S/C11H9F3N2O3/c1-18-8-4-2-3-7(5-15)9(8)16-10(17)19-6-11(12,13)14/h2-4H,6H2,1H3,(H,16,17). The molecule has 1 rings (SSSR count). The Morgan fingerprint density at radius 3 is 2.68 bits per heavy atom. The van der Waals surface area contributed by atoms with Crippen molar-refractivity contribution in [2.45, 2.75) is 6.18 Å². The van der Waals surface area contributed by atoms with Crippen LogP contribution in [-0.2, 0) is 4.74 Å². The highest BCUT2D eigenvalue weighted by molar-refractivity contribution is 5.89. The van der Waals surface area contributed by atoms with E-state index in [9.17, 15) is 18.0 Å². The van der Waals surface area contributed by atoms with Crippen molar-refractivity contribution in [3.63, 3.8) is 0 Å². The van der Waals surface area contributed by atoms with Gasteiger partial charge in [-0.2, -0.15) is 18.4 Å². The van der Waals surface area contributed by atoms with E-state index in [1.165, 1.54) is 25.3 Å². The van der Waals surface area contributed by atoms with E-state index in [-0.39, 0.29) is 17.0 Å². The van der Waals surface area contributed by atoms with E-state index < -0.39 is 18.9 Å². The van der Waals surface area contributed by atoms with E-state index in [1.807, 2.05) is 5.32 Å². The summed E-state index contributed by atoms with van der Waals surface area (Å²) in [5.74, 6) is 0.142. The minimum atomic E-state index is -4.61. The van der Waals surface area contributed by atoms with Crippen LogP contribution in [0.25, 0.3) is 0 Å². The molecule has 0 aliphatic rings. The lowest BCUT2D eigenvalue weighted by atomic mass is 10.2. The Morgan fingerprint density at radius 2 is 2.16 bits per heavy atom. The second kappa shape index (κ2) is 5.95. The smallest absolute Gasteiger partial charge is 0.422 e. The van der Waals surface area contributed by atoms with Crippen molar-refractivity contribution >= 4 is 11.8 Å². The number of benzene rings is 1. The van der Waals surface area contributed by atoms with Gasteiger partial charge in [-0.3, -0.25) is 5.32 Å². The van der Waals surface area contributed by atoms with Crippen molar-refractivity contribution in [2.24, 2.45) is 0 Å². The number of amides is 1. The molecule has 0 fully saturated rings. The third-order valence-corrected chi connectivity index (χ3v) is 1.96. The van der Waals surface area contributed by atoms with Crippen molar-refractivity contribution in [3.8, 4) is 11.8 Å². The van der Waals surface area contributed by atoms with Gasteiger partial charge >= 0.3 is 12.3 Å². The number of rotatable bonds is 3. The fraction of sp³-hybridized carbons (Fsp3) is 0.273. The van der Waals surface area contributed by atoms with Gasteiger partial charge in [-0.1, -0.05) is 6.07 Å². The Morgan fingerprint density at radius 1 is 1.47 bits per heavy atom. The predicted molar refractivity (Wildman–Crippen MR) is 58.7 cm³/mol. The van der Waals surface area contributed by atoms with Crippen LogP contribution >= 0.6 is 0 Å². The number of hydrogen-bond donors (Lipinski definition) is 1. The van der Waals surface area contributed by atoms with Gasteiger partial charge in [0.2, 0.25) is 0 Å². The van der Waals surface area contributed by atoms with E-state index in [0.717, 1.165) is 0 Å². The number of methoxy groups -OCH3 is 1. The van der Waals surface area contributed by atoms with Crippen molar-refractivity contribution in [1.29, 1.82) is 5.26 Å². The van der Waals surface area contributed by atoms with Crippen molar-refractivity contribution in [3.05, 3.63) is 23.8 Å². The highest BCUT2D eigenvalue weighted by atomic mass is 19.4. The van der Waals surface area contributed by atoms with Gasteiger partial charge < -0.3 is 9.47 Å². The van der Waals surface area contributed by atoms with Gasteiger partial charge in [0.15, 0.2) is 6.61 Å². The molecule has 1 aromatic rings. The summed E-state index contributed by atoms with van der Waals surface area (Å²) < 4.78 is 44.5. The molecule has 0 atom stereocenters. The number of para-hydroxylation sites is 1. The fourth-order valence-corrected chi connectivity index (χ4v) is 1.21. The second-order valence-electron chi connectivity index (χ2n) is 3.31. The molecule has 0 heterocycles. The fourth-order valence-electron chi connectivity index (χ4n) is 1.21. The van der Waals surface area contributed by atoms with Crippen LogP contribution in [0.2, 0.25) is 0 Å². The Bertz CT molecular complexity index is 509. The summed E-state index contributed by atoms with van der Waals surface area (Å²) >= 11 is 0. The maximum Gasteiger partial charge on any atom is 0.422 e. The van der Waals surface area contributed by atoms with Crippen LogP contribution in [0.1, 0.15) is 5.56 Å². The summed E-state index contributed by atoms with van der Waals surface area (Å²) in [5, 5.41) is 10.9. The number of carbonyl (C=O) groups is 1. The lowest BCUT2D eigenvalue weighted by Gasteiger charge is -2.12. The number of nitrogens with zero attached hydrogens (tertiary/aromatic N) is 1. The average Bonchev–Trinajstić information content (AvgIpc) is 2.35. The second-order valence-corrected chi connectivity index (χ2v) is 3.31. The highest BCUT2D eigenvalue weighted by Crippen LogP contribution is 2.28. The zero-order chi connectivity index (χ0) is 14.5. The maximum atomic E-state index is 11.9. The summed E-state index contributed by atoms with van der Waals surface area (Å²) in [6.07, 6.45) is -5.94. The molecule has 0 aromatic heterocycles. The van der Waals surface area contributed by atoms with Gasteiger partial charge in [-0.25, -0.2) is 4.79 Å². The highest BCUT2D eigenvalue weighted by Gasteiger charge is 2.29. The molecule has 5 nitrogen and oxygen atoms in total. The van der Waals surface area contributed by atoms with Crippen LogP contribution in [0.5, 0.6) is 5.75 Å². The van der Waals surface area contributed by atoms with E-state index in [4.69, 9.17) is 10.00 Å². The topological polar surface area (TPSA) is 71.3 Å². The van der Waals surface area contributed by atoms with Crippen LogP contribution in [0.15, 0.2) is 18.2 Å². The molecule has 0 unspecified atom stereocenters. The zero-order valence-corrected chi connectivity index (χ0v) is 9.75. The number of halogens is 3. The summed E-state index contributed by atoms with van der Waals surface area (Å²) in [5.41, 5.74) is 0.00276. The summed E-state index contributed by atoms with van der Waals surface area (Å²) in [7, 11) is 1.29. The van der Waals surface area contributed by atoms with E-state index >= 15 is 0 Å². The van der Waals surface area contributed by atoms with Gasteiger partial charge in [0.25, 0.3) is 0 Å². The maximum absolute atomic E-state index is 11.9. The molecule has 0 saturated carbocycles. The molecule has 0 bridgehead atoms. The van der Waals surface area contributed by atoms with Gasteiger partial charge in [-0.15, -0.1) is 0 Å². The van der Waals surface area contributed by atoms with Crippen molar-refractivity contribution < 1.29 is 27.4 Å². The number of carbonyl (C=O) groups excluding carboxylic acids is 1. The van der Waals surface area contributed by atoms with Crippen LogP contribution < -0.4 is 10.1 Å². The summed E-state index contributed by atoms with van der Waals surface area (Å²) in [6, 6.07) is 6.10. The number of hydrogen-bond acceptors (Lipinski definition) is 4. The molecule has 1 N–H and O–H groups in total. The monoisotopic (exact) mass is 274 g/mol.